The number of phenolic OH excluding ortho intramolecular Hbond substituents is 1. The quantitative estimate of drug-likeness (QED) is 0.0779. The van der Waals surface area contributed by atoms with Crippen LogP contribution in [0.3, 0.4) is 0 Å². The number of carbonyl (C=O) groups is 7. The number of hydrogen-bond acceptors (Lipinski definition) is 9. The van der Waals surface area contributed by atoms with Crippen LogP contribution in [0.4, 0.5) is 0 Å². The zero-order chi connectivity index (χ0) is 35.4. The maximum Gasteiger partial charge on any atom is 0.322 e. The lowest BCUT2D eigenvalue weighted by Gasteiger charge is -2.25. The predicted molar refractivity (Wildman–Crippen MR) is 167 cm³/mol. The van der Waals surface area contributed by atoms with E-state index >= 15 is 0 Å². The molecule has 48 heavy (non-hydrogen) atoms. The number of benzene rings is 2. The molecule has 0 spiro atoms. The number of aromatic hydroxyl groups is 1. The van der Waals surface area contributed by atoms with Crippen molar-refractivity contribution in [2.24, 2.45) is 5.73 Å². The van der Waals surface area contributed by atoms with Gasteiger partial charge in [-0.2, -0.15) is 0 Å². The summed E-state index contributed by atoms with van der Waals surface area (Å²) in [7, 11) is 0. The molecule has 17 heteroatoms. The summed E-state index contributed by atoms with van der Waals surface area (Å²) in [6, 6.07) is 6.72. The van der Waals surface area contributed by atoms with E-state index in [-0.39, 0.29) is 25.0 Å². The standard InChI is InChI=1S/C31H36N6O11/c32-20(9-10-25(39)40)28(45)35-23(12-17-14-33-21-4-2-1-3-19(17)21)30(47)37-24(13-26(41)42)31(48)36-22(29(46)34-15-27(43)44)11-16-5-7-18(38)8-6-16/h1-8,14,20,22-24,33,38H,9-13,15,32H2,(H,34,46)(H,35,45)(H,36,48)(H,37,47)(H,39,40)(H,41,42)(H,43,44)/t20-,22-,23-,24-/m0/s1. The molecule has 0 saturated carbocycles. The third-order valence-corrected chi connectivity index (χ3v) is 7.17. The molecule has 0 aliphatic carbocycles. The lowest BCUT2D eigenvalue weighted by Crippen LogP contribution is -2.59. The van der Waals surface area contributed by atoms with Crippen LogP contribution in [0.15, 0.2) is 54.7 Å². The van der Waals surface area contributed by atoms with Gasteiger partial charge in [-0.1, -0.05) is 30.3 Å². The molecule has 2 aromatic carbocycles. The number of carboxylic acid groups (broad SMARTS) is 3. The second kappa shape index (κ2) is 17.1. The summed E-state index contributed by atoms with van der Waals surface area (Å²) in [5.41, 5.74) is 7.59. The van der Waals surface area contributed by atoms with Gasteiger partial charge in [-0.25, -0.2) is 0 Å². The highest BCUT2D eigenvalue weighted by molar-refractivity contribution is 5.97. The molecular formula is C31H36N6O11. The molecule has 3 rings (SSSR count). The summed E-state index contributed by atoms with van der Waals surface area (Å²) in [6.45, 7) is -0.778. The van der Waals surface area contributed by atoms with Gasteiger partial charge in [-0.05, 0) is 35.7 Å². The van der Waals surface area contributed by atoms with Gasteiger partial charge in [0.15, 0.2) is 0 Å². The summed E-state index contributed by atoms with van der Waals surface area (Å²) < 4.78 is 0. The monoisotopic (exact) mass is 668 g/mol. The van der Waals surface area contributed by atoms with Crippen molar-refractivity contribution >= 4 is 52.4 Å². The van der Waals surface area contributed by atoms with E-state index < -0.39 is 85.1 Å². The third kappa shape index (κ3) is 11.1. The van der Waals surface area contributed by atoms with Crippen molar-refractivity contribution in [1.82, 2.24) is 26.3 Å². The first kappa shape index (κ1) is 36.5. The van der Waals surface area contributed by atoms with E-state index in [1.807, 2.05) is 0 Å². The van der Waals surface area contributed by atoms with E-state index in [1.165, 1.54) is 24.3 Å². The van der Waals surface area contributed by atoms with Gasteiger partial charge in [0.1, 0.15) is 30.4 Å². The van der Waals surface area contributed by atoms with Crippen LogP contribution in [0.2, 0.25) is 0 Å². The average molecular weight is 669 g/mol. The Hall–Kier alpha value is -5.97. The number of hydrogen-bond donors (Lipinski definition) is 10. The van der Waals surface area contributed by atoms with E-state index in [9.17, 15) is 43.8 Å². The summed E-state index contributed by atoms with van der Waals surface area (Å²) in [4.78, 5) is 89.6. The molecule has 4 atom stereocenters. The fraction of sp³-hybridized carbons (Fsp3) is 0.323. The Morgan fingerprint density at radius 2 is 1.31 bits per heavy atom. The van der Waals surface area contributed by atoms with Crippen molar-refractivity contribution in [2.45, 2.75) is 56.3 Å². The first-order chi connectivity index (χ1) is 22.7. The molecule has 0 aliphatic heterocycles. The smallest absolute Gasteiger partial charge is 0.322 e. The fourth-order valence-electron chi connectivity index (χ4n) is 4.71. The van der Waals surface area contributed by atoms with Crippen LogP contribution in [-0.4, -0.2) is 97.7 Å². The van der Waals surface area contributed by atoms with Gasteiger partial charge < -0.3 is 52.4 Å². The zero-order valence-electron chi connectivity index (χ0n) is 25.5. The molecule has 0 radical (unpaired) electrons. The number of phenols is 1. The summed E-state index contributed by atoms with van der Waals surface area (Å²) in [6.07, 6.45) is -0.327. The molecule has 17 nitrogen and oxygen atoms in total. The van der Waals surface area contributed by atoms with Crippen LogP contribution in [0, 0.1) is 0 Å². The number of aromatic amines is 1. The number of aromatic nitrogens is 1. The zero-order valence-corrected chi connectivity index (χ0v) is 25.5. The first-order valence-corrected chi connectivity index (χ1v) is 14.7. The molecule has 256 valence electrons. The average Bonchev–Trinajstić information content (AvgIpc) is 3.44. The minimum atomic E-state index is -1.77. The number of H-pyrrole nitrogens is 1. The minimum absolute atomic E-state index is 0.0731. The largest absolute Gasteiger partial charge is 0.508 e. The Labute approximate surface area is 272 Å². The number of fused-ring (bicyclic) bond motifs is 1. The van der Waals surface area contributed by atoms with Crippen molar-refractivity contribution in [3.63, 3.8) is 0 Å². The van der Waals surface area contributed by atoms with Gasteiger partial charge in [0, 0.05) is 36.4 Å². The number of aliphatic carboxylic acids is 3. The third-order valence-electron chi connectivity index (χ3n) is 7.17. The Morgan fingerprint density at radius 3 is 1.96 bits per heavy atom. The van der Waals surface area contributed by atoms with Gasteiger partial charge in [-0.15, -0.1) is 0 Å². The van der Waals surface area contributed by atoms with Gasteiger partial charge >= 0.3 is 17.9 Å². The molecule has 0 unspecified atom stereocenters. The highest BCUT2D eigenvalue weighted by Gasteiger charge is 2.32. The Balaban J connectivity index is 1.86. The molecule has 0 aliphatic rings. The molecule has 0 bridgehead atoms. The van der Waals surface area contributed by atoms with Crippen molar-refractivity contribution in [1.29, 1.82) is 0 Å². The van der Waals surface area contributed by atoms with Crippen LogP contribution < -0.4 is 27.0 Å². The van der Waals surface area contributed by atoms with E-state index in [0.717, 1.165) is 5.52 Å². The topological polar surface area (TPSA) is 290 Å². The highest BCUT2D eigenvalue weighted by Crippen LogP contribution is 2.19. The first-order valence-electron chi connectivity index (χ1n) is 14.7. The highest BCUT2D eigenvalue weighted by atomic mass is 16.4. The van der Waals surface area contributed by atoms with E-state index in [1.54, 1.807) is 30.5 Å². The van der Waals surface area contributed by atoms with E-state index in [2.05, 4.69) is 26.3 Å². The van der Waals surface area contributed by atoms with Gasteiger partial charge in [-0.3, -0.25) is 33.6 Å². The fourth-order valence-corrected chi connectivity index (χ4v) is 4.71. The Morgan fingerprint density at radius 1 is 0.708 bits per heavy atom. The second-order valence-corrected chi connectivity index (χ2v) is 10.9. The lowest BCUT2D eigenvalue weighted by molar-refractivity contribution is -0.142. The summed E-state index contributed by atoms with van der Waals surface area (Å²) in [5, 5.41) is 47.0. The predicted octanol–water partition coefficient (Wildman–Crippen LogP) is -1.02. The number of nitrogens with one attached hydrogen (secondary N) is 5. The van der Waals surface area contributed by atoms with Gasteiger partial charge in [0.2, 0.25) is 23.6 Å². The van der Waals surface area contributed by atoms with Crippen LogP contribution in [-0.2, 0) is 46.4 Å². The number of para-hydroxylation sites is 1. The molecule has 1 heterocycles. The van der Waals surface area contributed by atoms with Gasteiger partial charge in [0.05, 0.1) is 12.5 Å². The number of carbonyl (C=O) groups excluding carboxylic acids is 4. The van der Waals surface area contributed by atoms with Crippen LogP contribution >= 0.6 is 0 Å². The SMILES string of the molecule is N[C@@H](CCC(=O)O)C(=O)N[C@@H](Cc1c[nH]c2ccccc12)C(=O)N[C@@H](CC(=O)O)C(=O)N[C@@H](Cc1ccc(O)cc1)C(=O)NCC(=O)O. The van der Waals surface area contributed by atoms with Crippen LogP contribution in [0.1, 0.15) is 30.4 Å². The number of nitrogens with two attached hydrogens (primary N) is 1. The minimum Gasteiger partial charge on any atom is -0.508 e. The molecule has 0 fully saturated rings. The van der Waals surface area contributed by atoms with Crippen molar-refractivity contribution in [3.8, 4) is 5.75 Å². The summed E-state index contributed by atoms with van der Waals surface area (Å²) >= 11 is 0. The van der Waals surface area contributed by atoms with Gasteiger partial charge in [0.25, 0.3) is 0 Å². The number of rotatable bonds is 18. The normalized spacial score (nSPS) is 13.4. The molecule has 1 aromatic heterocycles. The maximum absolute atomic E-state index is 13.6. The molecule has 4 amide bonds. The Bertz CT molecular complexity index is 1660. The van der Waals surface area contributed by atoms with Crippen LogP contribution in [0.25, 0.3) is 10.9 Å². The molecule has 0 saturated heterocycles. The summed E-state index contributed by atoms with van der Waals surface area (Å²) in [5.74, 6) is -7.97. The Kier molecular flexibility index (Phi) is 13.0. The molecule has 11 N–H and O–H groups in total. The number of amides is 4. The number of carboxylic acids is 3. The van der Waals surface area contributed by atoms with Crippen molar-refractivity contribution in [3.05, 3.63) is 65.9 Å². The van der Waals surface area contributed by atoms with Crippen molar-refractivity contribution < 1.29 is 54.0 Å². The van der Waals surface area contributed by atoms with E-state index in [4.69, 9.17) is 15.9 Å². The van der Waals surface area contributed by atoms with Crippen molar-refractivity contribution in [2.75, 3.05) is 6.54 Å². The molecular weight excluding hydrogens is 632 g/mol. The molecule has 3 aromatic rings. The maximum atomic E-state index is 13.6. The second-order valence-electron chi connectivity index (χ2n) is 10.9. The lowest BCUT2D eigenvalue weighted by atomic mass is 10.0. The van der Waals surface area contributed by atoms with Crippen LogP contribution in [0.5, 0.6) is 5.75 Å². The van der Waals surface area contributed by atoms with E-state index in [0.29, 0.717) is 16.5 Å².